The highest BCUT2D eigenvalue weighted by Crippen LogP contribution is 2.22. The molecule has 0 radical (unpaired) electrons. The molecule has 0 atom stereocenters. The summed E-state index contributed by atoms with van der Waals surface area (Å²) in [6.45, 7) is 8.05. The quantitative estimate of drug-likeness (QED) is 0.687. The third-order valence-electron chi connectivity index (χ3n) is 4.21. The van der Waals surface area contributed by atoms with E-state index < -0.39 is 0 Å². The Labute approximate surface area is 157 Å². The second-order valence-corrected chi connectivity index (χ2v) is 7.28. The average Bonchev–Trinajstić information content (AvgIpc) is 2.98. The lowest BCUT2D eigenvalue weighted by Gasteiger charge is -2.09. The molecule has 5 nitrogen and oxygen atoms in total. The maximum Gasteiger partial charge on any atom is 0.234 e. The molecule has 0 saturated carbocycles. The number of carbonyl (C=O) groups excluding carboxylic acids is 1. The van der Waals surface area contributed by atoms with Crippen LogP contribution in [-0.4, -0.2) is 26.4 Å². The zero-order valence-electron chi connectivity index (χ0n) is 15.4. The van der Waals surface area contributed by atoms with Gasteiger partial charge in [0, 0.05) is 11.4 Å². The fourth-order valence-corrected chi connectivity index (χ4v) is 3.37. The van der Waals surface area contributed by atoms with Gasteiger partial charge in [0.2, 0.25) is 5.91 Å². The highest BCUT2D eigenvalue weighted by molar-refractivity contribution is 7.99. The predicted octanol–water partition coefficient (Wildman–Crippen LogP) is 4.23. The molecule has 0 aliphatic rings. The van der Waals surface area contributed by atoms with E-state index in [-0.39, 0.29) is 11.7 Å². The van der Waals surface area contributed by atoms with E-state index in [1.807, 2.05) is 48.7 Å². The molecule has 2 aromatic carbocycles. The van der Waals surface area contributed by atoms with Crippen molar-refractivity contribution in [2.75, 3.05) is 11.1 Å². The fraction of sp³-hybridized carbons (Fsp3) is 0.250. The molecule has 1 heterocycles. The van der Waals surface area contributed by atoms with Crippen molar-refractivity contribution in [3.8, 4) is 5.69 Å². The summed E-state index contributed by atoms with van der Waals surface area (Å²) in [5, 5.41) is 12.0. The molecule has 1 N–H and O–H groups in total. The Bertz CT molecular complexity index is 931. The highest BCUT2D eigenvalue weighted by atomic mass is 32.2. The maximum absolute atomic E-state index is 12.3. The zero-order valence-corrected chi connectivity index (χ0v) is 16.2. The molecule has 1 amide bonds. The molecule has 0 aliphatic heterocycles. The number of benzene rings is 2. The van der Waals surface area contributed by atoms with Crippen LogP contribution in [0.2, 0.25) is 0 Å². The van der Waals surface area contributed by atoms with Gasteiger partial charge < -0.3 is 5.32 Å². The number of aryl methyl sites for hydroxylation is 4. The van der Waals surface area contributed by atoms with Crippen LogP contribution in [0.25, 0.3) is 5.69 Å². The minimum absolute atomic E-state index is 0.0608. The lowest BCUT2D eigenvalue weighted by atomic mass is 10.1. The van der Waals surface area contributed by atoms with Crippen LogP contribution in [-0.2, 0) is 4.79 Å². The molecule has 134 valence electrons. The van der Waals surface area contributed by atoms with Gasteiger partial charge in [-0.15, -0.1) is 10.2 Å². The van der Waals surface area contributed by atoms with Crippen molar-refractivity contribution in [1.82, 2.24) is 14.8 Å². The van der Waals surface area contributed by atoms with E-state index in [0.717, 1.165) is 22.8 Å². The van der Waals surface area contributed by atoms with Gasteiger partial charge in [-0.2, -0.15) is 0 Å². The number of rotatable bonds is 5. The SMILES string of the molecule is Cc1ccc(-n2c(C)nnc2SCC(=O)Nc2ccc(C)c(C)c2)cc1. The van der Waals surface area contributed by atoms with E-state index in [9.17, 15) is 4.79 Å². The molecular formula is C20H22N4OS. The number of nitrogens with one attached hydrogen (secondary N) is 1. The van der Waals surface area contributed by atoms with Crippen molar-refractivity contribution in [2.45, 2.75) is 32.9 Å². The first-order valence-corrected chi connectivity index (χ1v) is 9.41. The Morgan fingerprint density at radius 2 is 1.73 bits per heavy atom. The summed E-state index contributed by atoms with van der Waals surface area (Å²) < 4.78 is 1.97. The molecule has 0 saturated heterocycles. The summed E-state index contributed by atoms with van der Waals surface area (Å²) in [7, 11) is 0. The van der Waals surface area contributed by atoms with E-state index >= 15 is 0 Å². The van der Waals surface area contributed by atoms with Crippen LogP contribution in [0.1, 0.15) is 22.5 Å². The van der Waals surface area contributed by atoms with E-state index in [1.165, 1.54) is 22.9 Å². The summed E-state index contributed by atoms with van der Waals surface area (Å²) in [5.41, 5.74) is 5.37. The summed E-state index contributed by atoms with van der Waals surface area (Å²) in [6, 6.07) is 14.1. The molecule has 0 spiro atoms. The minimum Gasteiger partial charge on any atom is -0.325 e. The topological polar surface area (TPSA) is 59.8 Å². The van der Waals surface area contributed by atoms with Crippen LogP contribution in [0.4, 0.5) is 5.69 Å². The smallest absolute Gasteiger partial charge is 0.234 e. The number of carbonyl (C=O) groups is 1. The first kappa shape index (κ1) is 18.2. The van der Waals surface area contributed by atoms with E-state index in [4.69, 9.17) is 0 Å². The largest absolute Gasteiger partial charge is 0.325 e. The van der Waals surface area contributed by atoms with Gasteiger partial charge in [0.05, 0.1) is 5.75 Å². The lowest BCUT2D eigenvalue weighted by molar-refractivity contribution is -0.113. The van der Waals surface area contributed by atoms with E-state index in [2.05, 4.69) is 41.5 Å². The van der Waals surface area contributed by atoms with Crippen LogP contribution in [0.15, 0.2) is 47.6 Å². The second kappa shape index (κ2) is 7.74. The minimum atomic E-state index is -0.0608. The summed E-state index contributed by atoms with van der Waals surface area (Å²) in [6.07, 6.45) is 0. The normalized spacial score (nSPS) is 10.8. The Morgan fingerprint density at radius 1 is 1.00 bits per heavy atom. The third kappa shape index (κ3) is 4.14. The summed E-state index contributed by atoms with van der Waals surface area (Å²) in [4.78, 5) is 12.3. The standard InChI is InChI=1S/C20H22N4OS/c1-13-5-9-18(10-6-13)24-16(4)22-23-20(24)26-12-19(25)21-17-8-7-14(2)15(3)11-17/h5-11H,12H2,1-4H3,(H,21,25). The molecule has 6 heteroatoms. The van der Waals surface area contributed by atoms with Gasteiger partial charge in [-0.3, -0.25) is 9.36 Å². The molecule has 0 unspecified atom stereocenters. The molecule has 26 heavy (non-hydrogen) atoms. The first-order chi connectivity index (χ1) is 12.4. The molecule has 3 aromatic rings. The van der Waals surface area contributed by atoms with E-state index in [0.29, 0.717) is 5.16 Å². The van der Waals surface area contributed by atoms with Gasteiger partial charge in [-0.05, 0) is 63.1 Å². The third-order valence-corrected chi connectivity index (χ3v) is 5.14. The van der Waals surface area contributed by atoms with Crippen molar-refractivity contribution in [2.24, 2.45) is 0 Å². The van der Waals surface area contributed by atoms with Crippen molar-refractivity contribution in [1.29, 1.82) is 0 Å². The van der Waals surface area contributed by atoms with E-state index in [1.54, 1.807) is 0 Å². The number of amides is 1. The monoisotopic (exact) mass is 366 g/mol. The number of hydrogen-bond donors (Lipinski definition) is 1. The van der Waals surface area contributed by atoms with Crippen molar-refractivity contribution in [3.63, 3.8) is 0 Å². The van der Waals surface area contributed by atoms with Gasteiger partial charge >= 0.3 is 0 Å². The summed E-state index contributed by atoms with van der Waals surface area (Å²) in [5.74, 6) is 1.01. The molecule has 0 fully saturated rings. The molecular weight excluding hydrogens is 344 g/mol. The number of thioether (sulfide) groups is 1. The zero-order chi connectivity index (χ0) is 18.7. The highest BCUT2D eigenvalue weighted by Gasteiger charge is 2.13. The Balaban J connectivity index is 1.69. The molecule has 0 aliphatic carbocycles. The van der Waals surface area contributed by atoms with Crippen LogP contribution >= 0.6 is 11.8 Å². The van der Waals surface area contributed by atoms with Gasteiger partial charge in [0.1, 0.15) is 5.82 Å². The van der Waals surface area contributed by atoms with Crippen molar-refractivity contribution >= 4 is 23.4 Å². The second-order valence-electron chi connectivity index (χ2n) is 6.34. The van der Waals surface area contributed by atoms with Crippen LogP contribution in [0.3, 0.4) is 0 Å². The lowest BCUT2D eigenvalue weighted by Crippen LogP contribution is -2.14. The Kier molecular flexibility index (Phi) is 5.42. The number of hydrogen-bond acceptors (Lipinski definition) is 4. The number of aromatic nitrogens is 3. The van der Waals surface area contributed by atoms with Crippen LogP contribution in [0.5, 0.6) is 0 Å². The maximum atomic E-state index is 12.3. The van der Waals surface area contributed by atoms with Crippen LogP contribution < -0.4 is 5.32 Å². The van der Waals surface area contributed by atoms with Crippen molar-refractivity contribution < 1.29 is 4.79 Å². The summed E-state index contributed by atoms with van der Waals surface area (Å²) >= 11 is 1.38. The first-order valence-electron chi connectivity index (χ1n) is 8.43. The average molecular weight is 366 g/mol. The predicted molar refractivity (Wildman–Crippen MR) is 106 cm³/mol. The fourth-order valence-electron chi connectivity index (χ4n) is 2.57. The molecule has 1 aromatic heterocycles. The number of anilines is 1. The van der Waals surface area contributed by atoms with Gasteiger partial charge in [-0.1, -0.05) is 35.5 Å². The van der Waals surface area contributed by atoms with Gasteiger partial charge in [0.25, 0.3) is 0 Å². The molecule has 3 rings (SSSR count). The molecule has 0 bridgehead atoms. The van der Waals surface area contributed by atoms with Crippen molar-refractivity contribution in [3.05, 3.63) is 65.0 Å². The van der Waals surface area contributed by atoms with Gasteiger partial charge in [-0.25, -0.2) is 0 Å². The Morgan fingerprint density at radius 3 is 2.42 bits per heavy atom. The Hall–Kier alpha value is -2.60. The van der Waals surface area contributed by atoms with Crippen LogP contribution in [0, 0.1) is 27.7 Å². The van der Waals surface area contributed by atoms with Gasteiger partial charge in [0.15, 0.2) is 5.16 Å². The number of nitrogens with zero attached hydrogens (tertiary/aromatic N) is 3.